The highest BCUT2D eigenvalue weighted by Crippen LogP contribution is 2.23. The minimum absolute atomic E-state index is 0.132. The maximum Gasteiger partial charge on any atom is 0.115 e. The Hall–Kier alpha value is -1.00. The zero-order chi connectivity index (χ0) is 12.7. The number of hydrogen-bond acceptors (Lipinski definition) is 4. The molecule has 0 spiro atoms. The van der Waals surface area contributed by atoms with Crippen molar-refractivity contribution in [3.8, 4) is 0 Å². The van der Waals surface area contributed by atoms with Crippen molar-refractivity contribution in [1.82, 2.24) is 15.3 Å². The zero-order valence-corrected chi connectivity index (χ0v) is 11.2. The van der Waals surface area contributed by atoms with Crippen molar-refractivity contribution in [3.05, 3.63) is 24.3 Å². The molecule has 0 aliphatic heterocycles. The standard InChI is InChI=1S/C13H23N3O/c1-5-6-16-12(13(17-4)10(2)3)11-7-14-9-15-8-11/h7-10,12-13,16H,5-6H2,1-4H3. The van der Waals surface area contributed by atoms with Gasteiger partial charge in [0, 0.05) is 25.1 Å². The van der Waals surface area contributed by atoms with Crippen LogP contribution in [0.3, 0.4) is 0 Å². The Morgan fingerprint density at radius 1 is 1.29 bits per heavy atom. The smallest absolute Gasteiger partial charge is 0.115 e. The summed E-state index contributed by atoms with van der Waals surface area (Å²) in [7, 11) is 1.76. The molecule has 4 heteroatoms. The van der Waals surface area contributed by atoms with Crippen LogP contribution in [0.15, 0.2) is 18.7 Å². The topological polar surface area (TPSA) is 47.0 Å². The molecule has 0 aliphatic rings. The normalized spacial score (nSPS) is 14.9. The van der Waals surface area contributed by atoms with E-state index in [9.17, 15) is 0 Å². The summed E-state index contributed by atoms with van der Waals surface area (Å²) in [6, 6.07) is 0.154. The number of hydrogen-bond donors (Lipinski definition) is 1. The van der Waals surface area contributed by atoms with Crippen molar-refractivity contribution < 1.29 is 4.74 Å². The fourth-order valence-corrected chi connectivity index (χ4v) is 1.99. The van der Waals surface area contributed by atoms with Crippen LogP contribution in [-0.2, 0) is 4.74 Å². The summed E-state index contributed by atoms with van der Waals surface area (Å²) in [6.07, 6.45) is 6.49. The van der Waals surface area contributed by atoms with E-state index in [-0.39, 0.29) is 12.1 Å². The molecule has 2 atom stereocenters. The molecule has 0 saturated carbocycles. The third-order valence-electron chi connectivity index (χ3n) is 2.81. The number of ether oxygens (including phenoxy) is 1. The highest BCUT2D eigenvalue weighted by atomic mass is 16.5. The summed E-state index contributed by atoms with van der Waals surface area (Å²) < 4.78 is 5.61. The van der Waals surface area contributed by atoms with Crippen molar-refractivity contribution in [3.63, 3.8) is 0 Å². The van der Waals surface area contributed by atoms with E-state index in [1.165, 1.54) is 0 Å². The van der Waals surface area contributed by atoms with Gasteiger partial charge in [0.2, 0.25) is 0 Å². The molecule has 1 aromatic heterocycles. The molecular weight excluding hydrogens is 214 g/mol. The first-order valence-electron chi connectivity index (χ1n) is 6.21. The zero-order valence-electron chi connectivity index (χ0n) is 11.2. The highest BCUT2D eigenvalue weighted by Gasteiger charge is 2.25. The Morgan fingerprint density at radius 2 is 1.94 bits per heavy atom. The van der Waals surface area contributed by atoms with Crippen LogP contribution in [0.25, 0.3) is 0 Å². The van der Waals surface area contributed by atoms with E-state index in [4.69, 9.17) is 4.74 Å². The molecule has 17 heavy (non-hydrogen) atoms. The van der Waals surface area contributed by atoms with Gasteiger partial charge in [-0.1, -0.05) is 20.8 Å². The predicted molar refractivity (Wildman–Crippen MR) is 68.7 cm³/mol. The fraction of sp³-hybridized carbons (Fsp3) is 0.692. The molecule has 0 amide bonds. The molecule has 1 rings (SSSR count). The maximum absolute atomic E-state index is 5.61. The van der Waals surface area contributed by atoms with E-state index in [0.29, 0.717) is 5.92 Å². The first kappa shape index (κ1) is 14.1. The monoisotopic (exact) mass is 237 g/mol. The first-order valence-corrected chi connectivity index (χ1v) is 6.21. The van der Waals surface area contributed by atoms with Crippen LogP contribution >= 0.6 is 0 Å². The lowest BCUT2D eigenvalue weighted by atomic mass is 9.95. The van der Waals surface area contributed by atoms with Crippen LogP contribution in [0.4, 0.5) is 0 Å². The number of rotatable bonds is 7. The molecule has 0 saturated heterocycles. The molecule has 0 fully saturated rings. The molecule has 4 nitrogen and oxygen atoms in total. The Kier molecular flexibility index (Phi) is 6.08. The second-order valence-electron chi connectivity index (χ2n) is 4.55. The van der Waals surface area contributed by atoms with Gasteiger partial charge in [0.15, 0.2) is 0 Å². The summed E-state index contributed by atoms with van der Waals surface area (Å²) in [5.41, 5.74) is 1.08. The minimum atomic E-state index is 0.132. The van der Waals surface area contributed by atoms with Gasteiger partial charge in [-0.25, -0.2) is 9.97 Å². The maximum atomic E-state index is 5.61. The van der Waals surface area contributed by atoms with Gasteiger partial charge in [-0.05, 0) is 18.9 Å². The largest absolute Gasteiger partial charge is 0.379 e. The molecule has 96 valence electrons. The van der Waals surface area contributed by atoms with E-state index in [0.717, 1.165) is 18.5 Å². The molecule has 0 aliphatic carbocycles. The molecular formula is C13H23N3O. The first-order chi connectivity index (χ1) is 8.20. The van der Waals surface area contributed by atoms with Crippen LogP contribution in [0.1, 0.15) is 38.8 Å². The molecule has 0 radical (unpaired) electrons. The van der Waals surface area contributed by atoms with Gasteiger partial charge >= 0.3 is 0 Å². The highest BCUT2D eigenvalue weighted by molar-refractivity contribution is 5.11. The van der Waals surface area contributed by atoms with Gasteiger partial charge in [0.25, 0.3) is 0 Å². The fourth-order valence-electron chi connectivity index (χ4n) is 1.99. The van der Waals surface area contributed by atoms with Gasteiger partial charge < -0.3 is 10.1 Å². The quantitative estimate of drug-likeness (QED) is 0.789. The van der Waals surface area contributed by atoms with Crippen LogP contribution in [-0.4, -0.2) is 29.7 Å². The van der Waals surface area contributed by atoms with E-state index in [1.807, 2.05) is 12.4 Å². The SMILES string of the molecule is CCCNC(c1cncnc1)C(OC)C(C)C. The van der Waals surface area contributed by atoms with Gasteiger partial charge in [0.05, 0.1) is 12.1 Å². The van der Waals surface area contributed by atoms with Crippen molar-refractivity contribution in [1.29, 1.82) is 0 Å². The molecule has 2 unspecified atom stereocenters. The Morgan fingerprint density at radius 3 is 2.41 bits per heavy atom. The lowest BCUT2D eigenvalue weighted by Crippen LogP contribution is -2.37. The van der Waals surface area contributed by atoms with Crippen molar-refractivity contribution in [2.24, 2.45) is 5.92 Å². The second-order valence-corrected chi connectivity index (χ2v) is 4.55. The average Bonchev–Trinajstić information content (AvgIpc) is 2.35. The third-order valence-corrected chi connectivity index (χ3v) is 2.81. The lowest BCUT2D eigenvalue weighted by molar-refractivity contribution is 0.0325. The Balaban J connectivity index is 2.86. The van der Waals surface area contributed by atoms with Gasteiger partial charge in [0.1, 0.15) is 6.33 Å². The summed E-state index contributed by atoms with van der Waals surface area (Å²) in [5.74, 6) is 0.439. The second kappa shape index (κ2) is 7.35. The van der Waals surface area contributed by atoms with Crippen molar-refractivity contribution in [2.45, 2.75) is 39.3 Å². The number of nitrogens with one attached hydrogen (secondary N) is 1. The predicted octanol–water partition coefficient (Wildman–Crippen LogP) is 2.19. The molecule has 0 aromatic carbocycles. The van der Waals surface area contributed by atoms with Crippen LogP contribution < -0.4 is 5.32 Å². The van der Waals surface area contributed by atoms with Crippen molar-refractivity contribution in [2.75, 3.05) is 13.7 Å². The van der Waals surface area contributed by atoms with E-state index in [1.54, 1.807) is 13.4 Å². The minimum Gasteiger partial charge on any atom is -0.379 e. The number of methoxy groups -OCH3 is 1. The molecule has 0 bridgehead atoms. The van der Waals surface area contributed by atoms with Gasteiger partial charge in [-0.2, -0.15) is 0 Å². The molecule has 1 aromatic rings. The summed E-state index contributed by atoms with van der Waals surface area (Å²) >= 11 is 0. The van der Waals surface area contributed by atoms with Crippen LogP contribution in [0, 0.1) is 5.92 Å². The number of nitrogens with zero attached hydrogens (tertiary/aromatic N) is 2. The van der Waals surface area contributed by atoms with E-state index in [2.05, 4.69) is 36.1 Å². The van der Waals surface area contributed by atoms with Gasteiger partial charge in [-0.3, -0.25) is 0 Å². The third kappa shape index (κ3) is 4.06. The van der Waals surface area contributed by atoms with Crippen LogP contribution in [0.5, 0.6) is 0 Å². The average molecular weight is 237 g/mol. The summed E-state index contributed by atoms with van der Waals surface area (Å²) in [5, 5.41) is 3.51. The molecule has 1 heterocycles. The van der Waals surface area contributed by atoms with Crippen LogP contribution in [0.2, 0.25) is 0 Å². The summed E-state index contributed by atoms with van der Waals surface area (Å²) in [6.45, 7) is 7.45. The summed E-state index contributed by atoms with van der Waals surface area (Å²) in [4.78, 5) is 8.17. The number of aromatic nitrogens is 2. The van der Waals surface area contributed by atoms with E-state index < -0.39 is 0 Å². The Bertz CT molecular complexity index is 303. The van der Waals surface area contributed by atoms with E-state index >= 15 is 0 Å². The van der Waals surface area contributed by atoms with Gasteiger partial charge in [-0.15, -0.1) is 0 Å². The van der Waals surface area contributed by atoms with Crippen molar-refractivity contribution >= 4 is 0 Å². The molecule has 1 N–H and O–H groups in total. The Labute approximate surface area is 104 Å². The lowest BCUT2D eigenvalue weighted by Gasteiger charge is -2.29.